The number of carbonyl (C=O) groups excluding carboxylic acids is 1. The highest BCUT2D eigenvalue weighted by atomic mass is 32.2. The zero-order chi connectivity index (χ0) is 23.5. The van der Waals surface area contributed by atoms with Crippen LogP contribution >= 0.6 is 0 Å². The maximum absolute atomic E-state index is 13.3. The summed E-state index contributed by atoms with van der Waals surface area (Å²) in [5.41, 5.74) is 0.305. The van der Waals surface area contributed by atoms with Gasteiger partial charge in [-0.3, -0.25) is 0 Å². The molecule has 0 spiro atoms. The van der Waals surface area contributed by atoms with E-state index >= 15 is 0 Å². The molecule has 4 rings (SSSR count). The van der Waals surface area contributed by atoms with Crippen molar-refractivity contribution >= 4 is 15.8 Å². The van der Waals surface area contributed by atoms with E-state index in [1.54, 1.807) is 14.0 Å². The Kier molecular flexibility index (Phi) is 6.66. The minimum absolute atomic E-state index is 0.142. The van der Waals surface area contributed by atoms with E-state index in [1.807, 2.05) is 0 Å². The predicted molar refractivity (Wildman–Crippen MR) is 127 cm³/mol. The molecule has 0 amide bonds. The van der Waals surface area contributed by atoms with Gasteiger partial charge in [0, 0.05) is 6.42 Å². The molecule has 0 aromatic heterocycles. The molecule has 0 aromatic rings. The Morgan fingerprint density at radius 2 is 1.72 bits per heavy atom. The summed E-state index contributed by atoms with van der Waals surface area (Å²) in [7, 11) is -1.82. The standard InChI is InChI=1S/C26H45NO4S/c1-16(6-7-17(2)28)20-8-9-21-24-22(11-13-26(20,21)4)25(3)12-10-19(29)14-18(25)15-23(24)32(30,31)27-5/h16,18-24,27,29H,6-15H2,1-5H3/t16-,18+,19-,20-,21+,22+,23?,24+,25+,26-/m1/s1. The Hall–Kier alpha value is -0.460. The van der Waals surface area contributed by atoms with Crippen LogP contribution in [0.25, 0.3) is 0 Å². The summed E-state index contributed by atoms with van der Waals surface area (Å²) in [4.78, 5) is 11.6. The van der Waals surface area contributed by atoms with Gasteiger partial charge in [0.05, 0.1) is 11.4 Å². The van der Waals surface area contributed by atoms with E-state index < -0.39 is 10.0 Å². The number of fused-ring (bicyclic) bond motifs is 5. The van der Waals surface area contributed by atoms with Crippen LogP contribution in [0.2, 0.25) is 0 Å². The summed E-state index contributed by atoms with van der Waals surface area (Å²) in [6, 6.07) is 0. The second kappa shape index (κ2) is 8.64. The van der Waals surface area contributed by atoms with E-state index in [0.717, 1.165) is 44.9 Å². The molecular weight excluding hydrogens is 422 g/mol. The van der Waals surface area contributed by atoms with Gasteiger partial charge in [-0.15, -0.1) is 0 Å². The van der Waals surface area contributed by atoms with E-state index in [1.165, 1.54) is 6.42 Å². The normalized spacial score (nSPS) is 47.2. The maximum Gasteiger partial charge on any atom is 0.214 e. The number of aliphatic hydroxyl groups is 1. The molecule has 0 aromatic carbocycles. The number of sulfonamides is 1. The minimum atomic E-state index is -3.39. The summed E-state index contributed by atoms with van der Waals surface area (Å²) in [6.07, 6.45) is 9.19. The molecule has 10 atom stereocenters. The van der Waals surface area contributed by atoms with Crippen molar-refractivity contribution in [3.63, 3.8) is 0 Å². The zero-order valence-corrected chi connectivity index (χ0v) is 21.6. The Morgan fingerprint density at radius 3 is 2.38 bits per heavy atom. The molecular formula is C26H45NO4S. The molecule has 0 radical (unpaired) electrons. The molecule has 4 aliphatic carbocycles. The van der Waals surface area contributed by atoms with Gasteiger partial charge in [0.15, 0.2) is 0 Å². The number of Topliss-reactive ketones (excluding diaryl/α,β-unsaturated/α-hetero) is 1. The first kappa shape index (κ1) is 24.7. The fourth-order valence-electron chi connectivity index (χ4n) is 9.26. The lowest BCUT2D eigenvalue weighted by atomic mass is 9.44. The van der Waals surface area contributed by atoms with Crippen molar-refractivity contribution < 1.29 is 18.3 Å². The van der Waals surface area contributed by atoms with Crippen LogP contribution in [0.1, 0.15) is 91.9 Å². The fraction of sp³-hybridized carbons (Fsp3) is 0.962. The van der Waals surface area contributed by atoms with E-state index in [4.69, 9.17) is 0 Å². The molecule has 4 aliphatic rings. The van der Waals surface area contributed by atoms with Gasteiger partial charge >= 0.3 is 0 Å². The van der Waals surface area contributed by atoms with Gasteiger partial charge in [-0.05, 0) is 118 Å². The third-order valence-corrected chi connectivity index (χ3v) is 12.9. The van der Waals surface area contributed by atoms with Crippen LogP contribution in [-0.4, -0.2) is 37.7 Å². The Balaban J connectivity index is 1.68. The summed E-state index contributed by atoms with van der Waals surface area (Å²) < 4.78 is 29.4. The Labute approximate surface area is 195 Å². The first-order valence-electron chi connectivity index (χ1n) is 13.0. The average Bonchev–Trinajstić information content (AvgIpc) is 3.09. The van der Waals surface area contributed by atoms with E-state index in [-0.39, 0.29) is 39.8 Å². The van der Waals surface area contributed by atoms with Gasteiger partial charge in [0.1, 0.15) is 5.78 Å². The molecule has 0 aliphatic heterocycles. The monoisotopic (exact) mass is 467 g/mol. The molecule has 4 saturated carbocycles. The molecule has 184 valence electrons. The van der Waals surface area contributed by atoms with E-state index in [0.29, 0.717) is 36.5 Å². The second-order valence-corrected chi connectivity index (χ2v) is 14.5. The van der Waals surface area contributed by atoms with Gasteiger partial charge < -0.3 is 9.90 Å². The second-order valence-electron chi connectivity index (χ2n) is 12.4. The van der Waals surface area contributed by atoms with Crippen molar-refractivity contribution in [2.45, 2.75) is 103 Å². The lowest BCUT2D eigenvalue weighted by Gasteiger charge is -2.63. The molecule has 4 fully saturated rings. The van der Waals surface area contributed by atoms with Gasteiger partial charge in [0.25, 0.3) is 0 Å². The van der Waals surface area contributed by atoms with Crippen molar-refractivity contribution in [3.8, 4) is 0 Å². The van der Waals surface area contributed by atoms with Gasteiger partial charge in [-0.25, -0.2) is 13.1 Å². The summed E-state index contributed by atoms with van der Waals surface area (Å²) in [6.45, 7) is 8.85. The summed E-state index contributed by atoms with van der Waals surface area (Å²) in [5.74, 6) is 2.69. The lowest BCUT2D eigenvalue weighted by molar-refractivity contribution is -0.127. The SMILES string of the molecule is CNS(=O)(=O)C1C[C@@H]2C[C@H](O)CC[C@]2(C)[C@H]2CC[C@]3(C)[C@@H]([C@H](C)CCC(C)=O)CC[C@H]3[C@H]12. The third-order valence-electron chi connectivity index (χ3n) is 11.0. The van der Waals surface area contributed by atoms with Crippen molar-refractivity contribution in [2.24, 2.45) is 46.3 Å². The van der Waals surface area contributed by atoms with Crippen LogP contribution in [0.3, 0.4) is 0 Å². The maximum atomic E-state index is 13.3. The molecule has 32 heavy (non-hydrogen) atoms. The quantitative estimate of drug-likeness (QED) is 0.601. The van der Waals surface area contributed by atoms with Crippen LogP contribution in [0.5, 0.6) is 0 Å². The van der Waals surface area contributed by atoms with E-state index in [9.17, 15) is 18.3 Å². The third kappa shape index (κ3) is 3.90. The summed E-state index contributed by atoms with van der Waals surface area (Å²) in [5, 5.41) is 10.0. The minimum Gasteiger partial charge on any atom is -0.393 e. The first-order valence-corrected chi connectivity index (χ1v) is 14.6. The molecule has 5 nitrogen and oxygen atoms in total. The lowest BCUT2D eigenvalue weighted by Crippen LogP contribution is -2.61. The number of carbonyl (C=O) groups is 1. The van der Waals surface area contributed by atoms with Crippen molar-refractivity contribution in [2.75, 3.05) is 7.05 Å². The first-order chi connectivity index (χ1) is 14.9. The highest BCUT2D eigenvalue weighted by molar-refractivity contribution is 7.90. The van der Waals surface area contributed by atoms with Gasteiger partial charge in [0.2, 0.25) is 10.0 Å². The van der Waals surface area contributed by atoms with Crippen LogP contribution in [-0.2, 0) is 14.8 Å². The van der Waals surface area contributed by atoms with Gasteiger partial charge in [-0.1, -0.05) is 20.8 Å². The van der Waals surface area contributed by atoms with Crippen LogP contribution in [0, 0.1) is 46.3 Å². The van der Waals surface area contributed by atoms with Crippen molar-refractivity contribution in [1.82, 2.24) is 4.72 Å². The zero-order valence-electron chi connectivity index (χ0n) is 20.8. The molecule has 0 heterocycles. The smallest absolute Gasteiger partial charge is 0.214 e. The molecule has 6 heteroatoms. The largest absolute Gasteiger partial charge is 0.393 e. The fourth-order valence-corrected chi connectivity index (χ4v) is 10.8. The summed E-state index contributed by atoms with van der Waals surface area (Å²) >= 11 is 0. The number of hydrogen-bond acceptors (Lipinski definition) is 4. The number of rotatable bonds is 6. The number of ketones is 1. The van der Waals surface area contributed by atoms with Crippen molar-refractivity contribution in [3.05, 3.63) is 0 Å². The van der Waals surface area contributed by atoms with E-state index in [2.05, 4.69) is 25.5 Å². The Bertz CT molecular complexity index is 828. The van der Waals surface area contributed by atoms with Gasteiger partial charge in [-0.2, -0.15) is 0 Å². The topological polar surface area (TPSA) is 83.5 Å². The molecule has 0 bridgehead atoms. The number of aliphatic hydroxyl groups excluding tert-OH is 1. The molecule has 2 N–H and O–H groups in total. The Morgan fingerprint density at radius 1 is 1.06 bits per heavy atom. The van der Waals surface area contributed by atoms with Crippen LogP contribution in [0.4, 0.5) is 0 Å². The predicted octanol–water partition coefficient (Wildman–Crippen LogP) is 4.54. The highest BCUT2D eigenvalue weighted by Gasteiger charge is 2.64. The molecule has 0 saturated heterocycles. The number of hydrogen-bond donors (Lipinski definition) is 2. The molecule has 1 unspecified atom stereocenters. The van der Waals surface area contributed by atoms with Crippen molar-refractivity contribution in [1.29, 1.82) is 0 Å². The average molecular weight is 468 g/mol. The number of nitrogens with one attached hydrogen (secondary N) is 1. The highest BCUT2D eigenvalue weighted by Crippen LogP contribution is 2.69. The van der Waals surface area contributed by atoms with Crippen LogP contribution in [0.15, 0.2) is 0 Å². The van der Waals surface area contributed by atoms with Crippen LogP contribution < -0.4 is 4.72 Å².